The predicted octanol–water partition coefficient (Wildman–Crippen LogP) is 4.68. The summed E-state index contributed by atoms with van der Waals surface area (Å²) in [6.45, 7) is 0.195. The molecule has 0 amide bonds. The third-order valence-electron chi connectivity index (χ3n) is 5.02. The number of esters is 1. The van der Waals surface area contributed by atoms with Crippen LogP contribution in [0.3, 0.4) is 0 Å². The molecule has 32 heavy (non-hydrogen) atoms. The van der Waals surface area contributed by atoms with Crippen LogP contribution in [-0.2, 0) is 17.8 Å². The van der Waals surface area contributed by atoms with Crippen LogP contribution in [-0.4, -0.2) is 23.6 Å². The molecule has 3 aromatic carbocycles. The Morgan fingerprint density at radius 3 is 2.34 bits per heavy atom. The Labute approximate surface area is 185 Å². The van der Waals surface area contributed by atoms with Crippen LogP contribution in [0.25, 0.3) is 10.9 Å². The van der Waals surface area contributed by atoms with E-state index in [1.54, 1.807) is 12.1 Å². The summed E-state index contributed by atoms with van der Waals surface area (Å²) >= 11 is 0. The molecule has 1 atom stereocenters. The maximum absolute atomic E-state index is 14.7. The summed E-state index contributed by atoms with van der Waals surface area (Å²) in [7, 11) is 0. The number of hydrogen-bond acceptors (Lipinski definition) is 5. The first-order valence-electron chi connectivity index (χ1n) is 10.3. The number of carbonyl (C=O) groups excluding carboxylic acids is 1. The summed E-state index contributed by atoms with van der Waals surface area (Å²) < 4.78 is 26.0. The van der Waals surface area contributed by atoms with Crippen molar-refractivity contribution >= 4 is 16.9 Å². The molecule has 0 saturated heterocycles. The molecular formula is C26H23FN2O3. The lowest BCUT2D eigenvalue weighted by molar-refractivity contribution is 0.0469. The van der Waals surface area contributed by atoms with Crippen molar-refractivity contribution in [1.82, 2.24) is 4.98 Å². The number of halogens is 1. The Hall–Kier alpha value is -3.77. The van der Waals surface area contributed by atoms with Gasteiger partial charge in [-0.25, -0.2) is 9.18 Å². The number of benzene rings is 3. The van der Waals surface area contributed by atoms with Crippen molar-refractivity contribution in [2.75, 3.05) is 6.61 Å². The molecule has 0 spiro atoms. The van der Waals surface area contributed by atoms with E-state index in [0.29, 0.717) is 11.9 Å². The van der Waals surface area contributed by atoms with Gasteiger partial charge in [0.25, 0.3) is 0 Å². The van der Waals surface area contributed by atoms with E-state index in [2.05, 4.69) is 4.98 Å². The van der Waals surface area contributed by atoms with E-state index >= 15 is 0 Å². The molecular weight excluding hydrogens is 407 g/mol. The van der Waals surface area contributed by atoms with Crippen molar-refractivity contribution in [2.45, 2.75) is 19.1 Å². The minimum absolute atomic E-state index is 0.0101. The number of fused-ring (bicyclic) bond motifs is 1. The van der Waals surface area contributed by atoms with E-state index in [4.69, 9.17) is 15.2 Å². The molecule has 0 fully saturated rings. The molecule has 0 radical (unpaired) electrons. The summed E-state index contributed by atoms with van der Waals surface area (Å²) in [4.78, 5) is 17.3. The molecule has 4 aromatic rings. The number of pyridine rings is 1. The molecule has 1 unspecified atom stereocenters. The second kappa shape index (κ2) is 10.0. The molecule has 162 valence electrons. The fraction of sp³-hybridized carbons (Fsp3) is 0.154. The lowest BCUT2D eigenvalue weighted by Crippen LogP contribution is -2.30. The summed E-state index contributed by atoms with van der Waals surface area (Å²) in [6.07, 6.45) is 2.01. The van der Waals surface area contributed by atoms with Crippen LogP contribution in [0.4, 0.5) is 4.39 Å². The third-order valence-corrected chi connectivity index (χ3v) is 5.02. The number of carbonyl (C=O) groups is 1. The molecule has 0 aliphatic rings. The zero-order valence-electron chi connectivity index (χ0n) is 17.4. The maximum Gasteiger partial charge on any atom is 0.343 e. The van der Waals surface area contributed by atoms with Crippen LogP contribution in [0.1, 0.15) is 21.5 Å². The van der Waals surface area contributed by atoms with Crippen molar-refractivity contribution in [3.8, 4) is 5.75 Å². The number of nitrogens with zero attached hydrogens (tertiary/aromatic N) is 1. The Morgan fingerprint density at radius 1 is 0.938 bits per heavy atom. The molecule has 4 rings (SSSR count). The van der Waals surface area contributed by atoms with Crippen LogP contribution >= 0.6 is 0 Å². The largest absolute Gasteiger partial charge is 0.489 e. The van der Waals surface area contributed by atoms with Gasteiger partial charge in [-0.15, -0.1) is 0 Å². The minimum Gasteiger partial charge on any atom is -0.489 e. The number of aromatic nitrogens is 1. The van der Waals surface area contributed by atoms with Crippen LogP contribution in [0.2, 0.25) is 0 Å². The molecule has 0 saturated carbocycles. The highest BCUT2D eigenvalue weighted by Gasteiger charge is 2.22. The van der Waals surface area contributed by atoms with Crippen LogP contribution in [0.5, 0.6) is 5.75 Å². The highest BCUT2D eigenvalue weighted by molar-refractivity contribution is 6.06. The van der Waals surface area contributed by atoms with Crippen molar-refractivity contribution in [3.63, 3.8) is 0 Å². The van der Waals surface area contributed by atoms with Gasteiger partial charge >= 0.3 is 5.97 Å². The SMILES string of the molecule is NC(COc1cnc2cccc(F)c2c1C(=O)OCc1ccccc1)Cc1ccccc1. The van der Waals surface area contributed by atoms with Gasteiger partial charge in [-0.2, -0.15) is 0 Å². The highest BCUT2D eigenvalue weighted by Crippen LogP contribution is 2.29. The van der Waals surface area contributed by atoms with Crippen LogP contribution in [0, 0.1) is 5.82 Å². The van der Waals surface area contributed by atoms with Gasteiger partial charge in [-0.05, 0) is 29.7 Å². The van der Waals surface area contributed by atoms with Crippen LogP contribution < -0.4 is 10.5 Å². The zero-order chi connectivity index (χ0) is 22.3. The molecule has 1 aromatic heterocycles. The lowest BCUT2D eigenvalue weighted by Gasteiger charge is -2.17. The quantitative estimate of drug-likeness (QED) is 0.411. The number of rotatable bonds is 8. The average molecular weight is 430 g/mol. The second-order valence-corrected chi connectivity index (χ2v) is 7.45. The van der Waals surface area contributed by atoms with Crippen molar-refractivity contribution in [1.29, 1.82) is 0 Å². The monoisotopic (exact) mass is 430 g/mol. The van der Waals surface area contributed by atoms with Gasteiger partial charge in [0.15, 0.2) is 5.75 Å². The smallest absolute Gasteiger partial charge is 0.343 e. The van der Waals surface area contributed by atoms with Gasteiger partial charge < -0.3 is 15.2 Å². The molecule has 5 nitrogen and oxygen atoms in total. The zero-order valence-corrected chi connectivity index (χ0v) is 17.4. The van der Waals surface area contributed by atoms with Gasteiger partial charge in [-0.1, -0.05) is 66.7 Å². The van der Waals surface area contributed by atoms with Gasteiger partial charge in [-0.3, -0.25) is 4.98 Å². The number of hydrogen-bond donors (Lipinski definition) is 1. The minimum atomic E-state index is -0.682. The Morgan fingerprint density at radius 2 is 1.62 bits per heavy atom. The molecule has 0 bridgehead atoms. The van der Waals surface area contributed by atoms with E-state index in [0.717, 1.165) is 11.1 Å². The normalized spacial score (nSPS) is 11.8. The average Bonchev–Trinajstić information content (AvgIpc) is 2.82. The molecule has 1 heterocycles. The van der Waals surface area contributed by atoms with Gasteiger partial charge in [0.1, 0.15) is 24.6 Å². The first-order valence-corrected chi connectivity index (χ1v) is 10.3. The van der Waals surface area contributed by atoms with E-state index in [9.17, 15) is 9.18 Å². The third kappa shape index (κ3) is 5.10. The Balaban J connectivity index is 1.57. The van der Waals surface area contributed by atoms with Gasteiger partial charge in [0.05, 0.1) is 17.1 Å². The lowest BCUT2D eigenvalue weighted by atomic mass is 10.1. The Kier molecular flexibility index (Phi) is 6.72. The van der Waals surface area contributed by atoms with E-state index in [1.165, 1.54) is 12.3 Å². The van der Waals surface area contributed by atoms with Crippen LogP contribution in [0.15, 0.2) is 85.1 Å². The highest BCUT2D eigenvalue weighted by atomic mass is 19.1. The molecule has 0 aliphatic carbocycles. The molecule has 2 N–H and O–H groups in total. The summed E-state index contributed by atoms with van der Waals surface area (Å²) in [5.41, 5.74) is 8.48. The topological polar surface area (TPSA) is 74.4 Å². The maximum atomic E-state index is 14.7. The van der Waals surface area contributed by atoms with Crippen molar-refractivity contribution < 1.29 is 18.7 Å². The van der Waals surface area contributed by atoms with Crippen molar-refractivity contribution in [2.24, 2.45) is 5.73 Å². The fourth-order valence-electron chi connectivity index (χ4n) is 3.46. The number of nitrogens with two attached hydrogens (primary N) is 1. The predicted molar refractivity (Wildman–Crippen MR) is 121 cm³/mol. The van der Waals surface area contributed by atoms with Gasteiger partial charge in [0.2, 0.25) is 0 Å². The summed E-state index contributed by atoms with van der Waals surface area (Å²) in [5.74, 6) is -1.11. The molecule has 0 aliphatic heterocycles. The Bertz CT molecular complexity index is 1200. The number of ether oxygens (including phenoxy) is 2. The van der Waals surface area contributed by atoms with E-state index in [1.807, 2.05) is 60.7 Å². The van der Waals surface area contributed by atoms with E-state index in [-0.39, 0.29) is 36.0 Å². The molecule has 6 heteroatoms. The summed E-state index contributed by atoms with van der Waals surface area (Å²) in [5, 5.41) is 0.0692. The first-order chi connectivity index (χ1) is 15.6. The summed E-state index contributed by atoms with van der Waals surface area (Å²) in [6, 6.07) is 23.2. The van der Waals surface area contributed by atoms with Crippen molar-refractivity contribution in [3.05, 3.63) is 108 Å². The fourth-order valence-corrected chi connectivity index (χ4v) is 3.46. The van der Waals surface area contributed by atoms with Gasteiger partial charge in [0, 0.05) is 6.04 Å². The standard InChI is InChI=1S/C26H23FN2O3/c27-21-12-7-13-22-24(21)25(26(30)32-16-19-10-5-2-6-11-19)23(15-29-22)31-17-20(28)14-18-8-3-1-4-9-18/h1-13,15,20H,14,16-17,28H2. The second-order valence-electron chi connectivity index (χ2n) is 7.45. The van der Waals surface area contributed by atoms with E-state index < -0.39 is 11.8 Å². The first kappa shape index (κ1) is 21.5.